The number of halogens is 1. The summed E-state index contributed by atoms with van der Waals surface area (Å²) >= 11 is 5.98. The predicted octanol–water partition coefficient (Wildman–Crippen LogP) is 4.14. The molecule has 0 radical (unpaired) electrons. The van der Waals surface area contributed by atoms with Gasteiger partial charge in [-0.05, 0) is 30.3 Å². The Morgan fingerprint density at radius 3 is 2.62 bits per heavy atom. The van der Waals surface area contributed by atoms with E-state index in [9.17, 15) is 9.11 Å². The highest BCUT2D eigenvalue weighted by Gasteiger charge is 2.29. The molecule has 2 aromatic carbocycles. The summed E-state index contributed by atoms with van der Waals surface area (Å²) in [4.78, 5) is 0.164. The SMILES string of the molecule is COc1cc(Cl)cc2c1NC(Nc1ccc(C#N)cc1)=NS2(O)O. The monoisotopic (exact) mass is 364 g/mol. The van der Waals surface area contributed by atoms with E-state index in [0.29, 0.717) is 27.7 Å². The van der Waals surface area contributed by atoms with Gasteiger partial charge in [0.1, 0.15) is 16.3 Å². The third kappa shape index (κ3) is 3.11. The van der Waals surface area contributed by atoms with Crippen LogP contribution in [0.3, 0.4) is 0 Å². The van der Waals surface area contributed by atoms with Gasteiger partial charge in [-0.1, -0.05) is 22.4 Å². The van der Waals surface area contributed by atoms with Gasteiger partial charge in [0.05, 0.1) is 18.7 Å². The smallest absolute Gasteiger partial charge is 0.223 e. The molecule has 124 valence electrons. The third-order valence-corrected chi connectivity index (χ3v) is 4.85. The molecular weight excluding hydrogens is 352 g/mol. The summed E-state index contributed by atoms with van der Waals surface area (Å²) in [5, 5.41) is 15.0. The highest BCUT2D eigenvalue weighted by Crippen LogP contribution is 2.57. The maximum atomic E-state index is 10.3. The average Bonchev–Trinajstić information content (AvgIpc) is 2.55. The lowest BCUT2D eigenvalue weighted by atomic mass is 10.2. The lowest BCUT2D eigenvalue weighted by Crippen LogP contribution is -2.27. The maximum Gasteiger partial charge on any atom is 0.223 e. The van der Waals surface area contributed by atoms with Crippen LogP contribution in [0.1, 0.15) is 5.56 Å². The van der Waals surface area contributed by atoms with Crippen LogP contribution in [-0.2, 0) is 0 Å². The van der Waals surface area contributed by atoms with Crippen LogP contribution in [-0.4, -0.2) is 22.2 Å². The van der Waals surface area contributed by atoms with Crippen LogP contribution in [0.15, 0.2) is 45.7 Å². The Morgan fingerprint density at radius 1 is 1.29 bits per heavy atom. The van der Waals surface area contributed by atoms with E-state index in [2.05, 4.69) is 15.0 Å². The summed E-state index contributed by atoms with van der Waals surface area (Å²) in [6, 6.07) is 11.7. The first-order valence-corrected chi connectivity index (χ1v) is 8.61. The van der Waals surface area contributed by atoms with Gasteiger partial charge >= 0.3 is 0 Å². The van der Waals surface area contributed by atoms with E-state index in [4.69, 9.17) is 21.6 Å². The molecule has 4 N–H and O–H groups in total. The molecule has 0 spiro atoms. The van der Waals surface area contributed by atoms with Crippen molar-refractivity contribution in [2.24, 2.45) is 4.40 Å². The van der Waals surface area contributed by atoms with Crippen molar-refractivity contribution in [3.63, 3.8) is 0 Å². The van der Waals surface area contributed by atoms with Gasteiger partial charge in [-0.25, -0.2) is 0 Å². The Labute approximate surface area is 145 Å². The number of nitrogens with one attached hydrogen (secondary N) is 2. The number of nitriles is 1. The Balaban J connectivity index is 1.95. The molecule has 1 aliphatic heterocycles. The molecule has 0 bridgehead atoms. The molecule has 2 aromatic rings. The topological polar surface area (TPSA) is 110 Å². The van der Waals surface area contributed by atoms with Crippen molar-refractivity contribution < 1.29 is 13.8 Å². The fourth-order valence-electron chi connectivity index (χ4n) is 2.19. The number of hydrogen-bond acceptors (Lipinski definition) is 7. The Morgan fingerprint density at radius 2 is 2.00 bits per heavy atom. The normalized spacial score (nSPS) is 16.0. The molecule has 0 aromatic heterocycles. The summed E-state index contributed by atoms with van der Waals surface area (Å²) in [6.07, 6.45) is 0. The number of anilines is 2. The van der Waals surface area contributed by atoms with Crippen LogP contribution in [0, 0.1) is 11.3 Å². The highest BCUT2D eigenvalue weighted by atomic mass is 35.5. The number of rotatable bonds is 2. The van der Waals surface area contributed by atoms with Crippen molar-refractivity contribution >= 4 is 39.7 Å². The molecule has 0 saturated heterocycles. The van der Waals surface area contributed by atoms with E-state index in [0.717, 1.165) is 0 Å². The minimum absolute atomic E-state index is 0.146. The van der Waals surface area contributed by atoms with Gasteiger partial charge in [-0.2, -0.15) is 5.26 Å². The van der Waals surface area contributed by atoms with Crippen molar-refractivity contribution in [2.75, 3.05) is 17.7 Å². The molecule has 24 heavy (non-hydrogen) atoms. The van der Waals surface area contributed by atoms with Crippen molar-refractivity contribution in [2.45, 2.75) is 4.90 Å². The van der Waals surface area contributed by atoms with Crippen LogP contribution in [0.4, 0.5) is 11.4 Å². The first kappa shape index (κ1) is 16.4. The van der Waals surface area contributed by atoms with Crippen LogP contribution in [0.5, 0.6) is 5.75 Å². The van der Waals surface area contributed by atoms with E-state index in [-0.39, 0.29) is 10.9 Å². The number of guanidine groups is 1. The van der Waals surface area contributed by atoms with Crippen molar-refractivity contribution in [3.05, 3.63) is 47.0 Å². The minimum atomic E-state index is -3.43. The van der Waals surface area contributed by atoms with E-state index in [1.165, 1.54) is 13.2 Å². The molecule has 9 heteroatoms. The lowest BCUT2D eigenvalue weighted by molar-refractivity contribution is 0.415. The molecular formula is C15H13ClN4O3S. The van der Waals surface area contributed by atoms with E-state index in [1.54, 1.807) is 30.3 Å². The van der Waals surface area contributed by atoms with Crippen LogP contribution < -0.4 is 15.4 Å². The number of nitrogens with zero attached hydrogens (tertiary/aromatic N) is 2. The zero-order valence-electron chi connectivity index (χ0n) is 12.4. The van der Waals surface area contributed by atoms with Crippen molar-refractivity contribution in [1.29, 1.82) is 5.26 Å². The maximum absolute atomic E-state index is 10.3. The highest BCUT2D eigenvalue weighted by molar-refractivity contribution is 8.23. The van der Waals surface area contributed by atoms with Crippen LogP contribution >= 0.6 is 22.4 Å². The second-order valence-corrected chi connectivity index (χ2v) is 6.98. The molecule has 3 rings (SSSR count). The summed E-state index contributed by atoms with van der Waals surface area (Å²) < 4.78 is 29.8. The number of benzene rings is 2. The molecule has 0 aliphatic carbocycles. The van der Waals surface area contributed by atoms with Crippen LogP contribution in [0.2, 0.25) is 5.02 Å². The molecule has 1 heterocycles. The van der Waals surface area contributed by atoms with E-state index in [1.807, 2.05) is 6.07 Å². The summed E-state index contributed by atoms with van der Waals surface area (Å²) in [7, 11) is -1.98. The predicted molar refractivity (Wildman–Crippen MR) is 95.0 cm³/mol. The zero-order chi connectivity index (χ0) is 17.3. The molecule has 1 aliphatic rings. The Kier molecular flexibility index (Phi) is 4.26. The molecule has 7 nitrogen and oxygen atoms in total. The van der Waals surface area contributed by atoms with E-state index < -0.39 is 10.8 Å². The Hall–Kier alpha value is -2.44. The summed E-state index contributed by atoms with van der Waals surface area (Å²) in [5.74, 6) is 0.513. The van der Waals surface area contributed by atoms with Gasteiger partial charge in [0, 0.05) is 16.8 Å². The molecule has 0 saturated carbocycles. The fourth-order valence-corrected chi connectivity index (χ4v) is 3.62. The third-order valence-electron chi connectivity index (χ3n) is 3.28. The van der Waals surface area contributed by atoms with E-state index >= 15 is 0 Å². The second-order valence-electron chi connectivity index (χ2n) is 4.88. The molecule has 0 amide bonds. The van der Waals surface area contributed by atoms with Gasteiger partial charge in [0.2, 0.25) is 5.96 Å². The number of fused-ring (bicyclic) bond motifs is 1. The summed E-state index contributed by atoms with van der Waals surface area (Å²) in [6.45, 7) is 0. The summed E-state index contributed by atoms with van der Waals surface area (Å²) in [5.41, 5.74) is 1.53. The minimum Gasteiger partial charge on any atom is -0.494 e. The molecule has 0 unspecified atom stereocenters. The van der Waals surface area contributed by atoms with Gasteiger partial charge in [-0.15, -0.1) is 4.40 Å². The first-order chi connectivity index (χ1) is 11.4. The number of ether oxygens (including phenoxy) is 1. The van der Waals surface area contributed by atoms with Crippen molar-refractivity contribution in [1.82, 2.24) is 0 Å². The first-order valence-electron chi connectivity index (χ1n) is 6.73. The van der Waals surface area contributed by atoms with Gasteiger partial charge < -0.3 is 15.4 Å². The Bertz CT molecular complexity index is 862. The van der Waals surface area contributed by atoms with Crippen molar-refractivity contribution in [3.8, 4) is 11.8 Å². The van der Waals surface area contributed by atoms with Gasteiger partial charge in [-0.3, -0.25) is 9.11 Å². The number of hydrogen-bond donors (Lipinski definition) is 4. The standard InChI is InChI=1S/C15H13ClN4O3S/c1-23-12-6-10(16)7-13-14(12)19-15(20-24(13,21)22)18-11-4-2-9(8-17)3-5-11/h2-7,21-22H,1H3,(H2,18,19,20). The molecule has 0 fully saturated rings. The fraction of sp³-hybridized carbons (Fsp3) is 0.0667. The lowest BCUT2D eigenvalue weighted by Gasteiger charge is -2.34. The van der Waals surface area contributed by atoms with Crippen LogP contribution in [0.25, 0.3) is 0 Å². The van der Waals surface area contributed by atoms with Gasteiger partial charge in [0.25, 0.3) is 0 Å². The van der Waals surface area contributed by atoms with Gasteiger partial charge in [0.15, 0.2) is 0 Å². The second kappa shape index (κ2) is 6.22. The zero-order valence-corrected chi connectivity index (χ0v) is 14.0. The number of methoxy groups -OCH3 is 1. The molecule has 0 atom stereocenters. The largest absolute Gasteiger partial charge is 0.494 e. The quantitative estimate of drug-likeness (QED) is 0.637. The average molecular weight is 365 g/mol.